The second-order valence-electron chi connectivity index (χ2n) is 3.98. The van der Waals surface area contributed by atoms with Crippen molar-refractivity contribution in [2.45, 2.75) is 38.9 Å². The van der Waals surface area contributed by atoms with E-state index in [1.54, 1.807) is 0 Å². The van der Waals surface area contributed by atoms with Crippen molar-refractivity contribution < 1.29 is 4.74 Å². The van der Waals surface area contributed by atoms with Crippen LogP contribution in [0, 0.1) is 0 Å². The predicted molar refractivity (Wildman–Crippen MR) is 64.4 cm³/mol. The highest BCUT2D eigenvalue weighted by Gasteiger charge is 2.13. The topological polar surface area (TPSA) is 21.3 Å². The van der Waals surface area contributed by atoms with E-state index in [0.29, 0.717) is 6.10 Å². The van der Waals surface area contributed by atoms with Gasteiger partial charge in [0.2, 0.25) is 0 Å². The van der Waals surface area contributed by atoms with E-state index in [0.717, 1.165) is 39.0 Å². The molecule has 1 aliphatic rings. The van der Waals surface area contributed by atoms with Gasteiger partial charge in [-0.15, -0.1) is 11.3 Å². The molecule has 2 rings (SSSR count). The monoisotopic (exact) mass is 225 g/mol. The first-order valence-corrected chi connectivity index (χ1v) is 6.60. The molecule has 0 spiro atoms. The minimum absolute atomic E-state index is 0.471. The van der Waals surface area contributed by atoms with Gasteiger partial charge in [-0.2, -0.15) is 0 Å². The Labute approximate surface area is 95.6 Å². The summed E-state index contributed by atoms with van der Waals surface area (Å²) in [5.74, 6) is 0. The Morgan fingerprint density at radius 2 is 2.07 bits per heavy atom. The molecule has 1 fully saturated rings. The molecule has 1 aliphatic heterocycles. The van der Waals surface area contributed by atoms with Crippen molar-refractivity contribution in [1.82, 2.24) is 5.32 Å². The van der Waals surface area contributed by atoms with Crippen LogP contribution in [0.25, 0.3) is 0 Å². The Bertz CT molecular complexity index is 292. The van der Waals surface area contributed by atoms with Crippen LogP contribution >= 0.6 is 11.3 Å². The highest BCUT2D eigenvalue weighted by molar-refractivity contribution is 7.11. The first-order chi connectivity index (χ1) is 7.38. The molecule has 2 nitrogen and oxygen atoms in total. The molecule has 0 atom stereocenters. The number of thiophene rings is 1. The summed E-state index contributed by atoms with van der Waals surface area (Å²) in [5.41, 5.74) is 0. The number of rotatable bonds is 4. The average molecular weight is 225 g/mol. The molecule has 15 heavy (non-hydrogen) atoms. The van der Waals surface area contributed by atoms with E-state index in [-0.39, 0.29) is 0 Å². The van der Waals surface area contributed by atoms with Crippen LogP contribution in [0.4, 0.5) is 0 Å². The van der Waals surface area contributed by atoms with Gasteiger partial charge in [0, 0.05) is 9.75 Å². The SMILES string of the molecule is CCc1ccc(COC2CCNCC2)s1. The third kappa shape index (κ3) is 3.30. The molecule has 84 valence electrons. The van der Waals surface area contributed by atoms with Gasteiger partial charge in [0.25, 0.3) is 0 Å². The summed E-state index contributed by atoms with van der Waals surface area (Å²) < 4.78 is 5.90. The lowest BCUT2D eigenvalue weighted by atomic mass is 10.1. The molecule has 3 heteroatoms. The number of hydrogen-bond donors (Lipinski definition) is 1. The zero-order valence-corrected chi connectivity index (χ0v) is 10.1. The summed E-state index contributed by atoms with van der Waals surface area (Å²) in [7, 11) is 0. The van der Waals surface area contributed by atoms with Crippen LogP contribution in [0.5, 0.6) is 0 Å². The molecule has 0 saturated carbocycles. The van der Waals surface area contributed by atoms with Gasteiger partial charge in [0.15, 0.2) is 0 Å². The van der Waals surface area contributed by atoms with Gasteiger partial charge in [-0.1, -0.05) is 6.92 Å². The van der Waals surface area contributed by atoms with Gasteiger partial charge < -0.3 is 10.1 Å². The van der Waals surface area contributed by atoms with Crippen LogP contribution < -0.4 is 5.32 Å². The van der Waals surface area contributed by atoms with Crippen LogP contribution in [-0.2, 0) is 17.8 Å². The van der Waals surface area contributed by atoms with E-state index in [1.165, 1.54) is 9.75 Å². The Morgan fingerprint density at radius 1 is 1.33 bits per heavy atom. The summed E-state index contributed by atoms with van der Waals surface area (Å²) in [5, 5.41) is 3.35. The lowest BCUT2D eigenvalue weighted by Gasteiger charge is -2.22. The zero-order chi connectivity index (χ0) is 10.5. The maximum absolute atomic E-state index is 5.90. The summed E-state index contributed by atoms with van der Waals surface area (Å²) in [6, 6.07) is 4.41. The first-order valence-electron chi connectivity index (χ1n) is 5.78. The van der Waals surface area contributed by atoms with Crippen molar-refractivity contribution >= 4 is 11.3 Å². The van der Waals surface area contributed by atoms with E-state index < -0.39 is 0 Å². The third-order valence-electron chi connectivity index (χ3n) is 2.81. The molecule has 0 aliphatic carbocycles. The lowest BCUT2D eigenvalue weighted by Crippen LogP contribution is -2.32. The maximum atomic E-state index is 5.90. The Hall–Kier alpha value is -0.380. The second-order valence-corrected chi connectivity index (χ2v) is 5.23. The Morgan fingerprint density at radius 3 is 2.73 bits per heavy atom. The van der Waals surface area contributed by atoms with Gasteiger partial charge >= 0.3 is 0 Å². The molecule has 2 heterocycles. The fraction of sp³-hybridized carbons (Fsp3) is 0.667. The zero-order valence-electron chi connectivity index (χ0n) is 9.29. The number of piperidine rings is 1. The summed E-state index contributed by atoms with van der Waals surface area (Å²) in [6.45, 7) is 5.21. The highest BCUT2D eigenvalue weighted by atomic mass is 32.1. The van der Waals surface area contributed by atoms with Crippen LogP contribution in [-0.4, -0.2) is 19.2 Å². The van der Waals surface area contributed by atoms with Crippen molar-refractivity contribution in [2.75, 3.05) is 13.1 Å². The number of ether oxygens (including phenoxy) is 1. The summed E-state index contributed by atoms with van der Waals surface area (Å²) in [6.07, 6.45) is 3.93. The van der Waals surface area contributed by atoms with E-state index in [9.17, 15) is 0 Å². The van der Waals surface area contributed by atoms with Crippen LogP contribution in [0.15, 0.2) is 12.1 Å². The fourth-order valence-corrected chi connectivity index (χ4v) is 2.73. The quantitative estimate of drug-likeness (QED) is 0.850. The average Bonchev–Trinajstić information content (AvgIpc) is 2.76. The van der Waals surface area contributed by atoms with Crippen molar-refractivity contribution in [3.8, 4) is 0 Å². The van der Waals surface area contributed by atoms with Gasteiger partial charge in [0.1, 0.15) is 0 Å². The smallest absolute Gasteiger partial charge is 0.0813 e. The van der Waals surface area contributed by atoms with Crippen molar-refractivity contribution in [3.63, 3.8) is 0 Å². The van der Waals surface area contributed by atoms with Crippen molar-refractivity contribution in [2.24, 2.45) is 0 Å². The predicted octanol–water partition coefficient (Wildman–Crippen LogP) is 2.58. The summed E-state index contributed by atoms with van der Waals surface area (Å²) in [4.78, 5) is 2.82. The normalized spacial score (nSPS) is 18.2. The second kappa shape index (κ2) is 5.64. The van der Waals surface area contributed by atoms with E-state index in [1.807, 2.05) is 11.3 Å². The molecule has 0 radical (unpaired) electrons. The molecule has 1 aromatic rings. The number of hydrogen-bond acceptors (Lipinski definition) is 3. The molecule has 1 aromatic heterocycles. The van der Waals surface area contributed by atoms with Crippen LogP contribution in [0.3, 0.4) is 0 Å². The van der Waals surface area contributed by atoms with Crippen molar-refractivity contribution in [1.29, 1.82) is 0 Å². The maximum Gasteiger partial charge on any atom is 0.0813 e. The van der Waals surface area contributed by atoms with Crippen LogP contribution in [0.2, 0.25) is 0 Å². The molecule has 0 unspecified atom stereocenters. The molecule has 1 saturated heterocycles. The number of aryl methyl sites for hydroxylation is 1. The largest absolute Gasteiger partial charge is 0.373 e. The minimum atomic E-state index is 0.471. The third-order valence-corrected chi connectivity index (χ3v) is 4.02. The molecule has 0 amide bonds. The van der Waals surface area contributed by atoms with Gasteiger partial charge in [-0.3, -0.25) is 0 Å². The molecular weight excluding hydrogens is 206 g/mol. The summed E-state index contributed by atoms with van der Waals surface area (Å²) >= 11 is 1.88. The van der Waals surface area contributed by atoms with E-state index in [2.05, 4.69) is 24.4 Å². The fourth-order valence-electron chi connectivity index (χ4n) is 1.85. The number of nitrogens with one attached hydrogen (secondary N) is 1. The molecule has 1 N–H and O–H groups in total. The van der Waals surface area contributed by atoms with Crippen LogP contribution in [0.1, 0.15) is 29.5 Å². The highest BCUT2D eigenvalue weighted by Crippen LogP contribution is 2.19. The van der Waals surface area contributed by atoms with Gasteiger partial charge in [-0.25, -0.2) is 0 Å². The van der Waals surface area contributed by atoms with Gasteiger partial charge in [0.05, 0.1) is 12.7 Å². The molecule has 0 bridgehead atoms. The Balaban J connectivity index is 1.76. The van der Waals surface area contributed by atoms with Crippen molar-refractivity contribution in [3.05, 3.63) is 21.9 Å². The molecular formula is C12H19NOS. The van der Waals surface area contributed by atoms with Gasteiger partial charge in [-0.05, 0) is 44.5 Å². The van der Waals surface area contributed by atoms with E-state index in [4.69, 9.17) is 4.74 Å². The first kappa shape index (κ1) is 11.1. The standard InChI is InChI=1S/C12H19NOS/c1-2-11-3-4-12(15-11)9-14-10-5-7-13-8-6-10/h3-4,10,13H,2,5-9H2,1H3. The molecule has 0 aromatic carbocycles. The Kier molecular flexibility index (Phi) is 4.18. The minimum Gasteiger partial charge on any atom is -0.373 e. The lowest BCUT2D eigenvalue weighted by molar-refractivity contribution is 0.0226. The van der Waals surface area contributed by atoms with E-state index >= 15 is 0 Å².